The van der Waals surface area contributed by atoms with E-state index in [-0.39, 0.29) is 24.2 Å². The molecule has 1 heterocycles. The van der Waals surface area contributed by atoms with Crippen LogP contribution in [0.3, 0.4) is 0 Å². The highest BCUT2D eigenvalue weighted by Crippen LogP contribution is 2.05. The molecule has 0 radical (unpaired) electrons. The summed E-state index contributed by atoms with van der Waals surface area (Å²) in [4.78, 5) is 13.9. The van der Waals surface area contributed by atoms with Crippen LogP contribution >= 0.6 is 0 Å². The Morgan fingerprint density at radius 2 is 2.42 bits per heavy atom. The van der Waals surface area contributed by atoms with E-state index in [2.05, 4.69) is 10.2 Å². The zero-order chi connectivity index (χ0) is 13.7. The topological polar surface area (TPSA) is 41.6 Å². The van der Waals surface area contributed by atoms with Gasteiger partial charge in [-0.25, -0.2) is 4.39 Å². The Morgan fingerprint density at radius 1 is 1.58 bits per heavy atom. The minimum absolute atomic E-state index is 0.0372. The molecule has 1 aliphatic rings. The minimum Gasteiger partial charge on any atom is -0.374 e. The van der Waals surface area contributed by atoms with Gasteiger partial charge >= 0.3 is 0 Å². The average molecular weight is 266 g/mol. The van der Waals surface area contributed by atoms with E-state index >= 15 is 0 Å². The van der Waals surface area contributed by atoms with Crippen molar-refractivity contribution in [2.24, 2.45) is 0 Å². The Labute approximate surface area is 112 Å². The number of hydrogen-bond acceptors (Lipinski definition) is 3. The molecule has 1 unspecified atom stereocenters. The first-order chi connectivity index (χ1) is 9.13. The molecule has 0 bridgehead atoms. The predicted molar refractivity (Wildman–Crippen MR) is 70.4 cm³/mol. The molecule has 1 aromatic rings. The number of nitrogens with one attached hydrogen (secondary N) is 1. The summed E-state index contributed by atoms with van der Waals surface area (Å²) in [5.41, 5.74) is 0.680. The quantitative estimate of drug-likeness (QED) is 0.877. The number of likely N-dealkylation sites (N-methyl/N-ethyl adjacent to an activating group) is 1. The van der Waals surface area contributed by atoms with Crippen LogP contribution in [0.4, 0.5) is 4.39 Å². The maximum Gasteiger partial charge on any atom is 0.224 e. The number of ether oxygens (including phenoxy) is 1. The summed E-state index contributed by atoms with van der Waals surface area (Å²) >= 11 is 0. The molecule has 19 heavy (non-hydrogen) atoms. The second kappa shape index (κ2) is 6.63. The monoisotopic (exact) mass is 266 g/mol. The SMILES string of the molecule is CN1CCOC(CNC(=O)Cc2cccc(F)c2)C1. The summed E-state index contributed by atoms with van der Waals surface area (Å²) < 4.78 is 18.5. The van der Waals surface area contributed by atoms with Gasteiger partial charge in [0.25, 0.3) is 0 Å². The van der Waals surface area contributed by atoms with Crippen molar-refractivity contribution in [3.05, 3.63) is 35.6 Å². The molecule has 1 atom stereocenters. The Bertz CT molecular complexity index is 439. The zero-order valence-electron chi connectivity index (χ0n) is 11.1. The molecule has 2 rings (SSSR count). The van der Waals surface area contributed by atoms with Gasteiger partial charge < -0.3 is 15.0 Å². The van der Waals surface area contributed by atoms with Gasteiger partial charge in [-0.15, -0.1) is 0 Å². The minimum atomic E-state index is -0.317. The Kier molecular flexibility index (Phi) is 4.87. The Hall–Kier alpha value is -1.46. The Morgan fingerprint density at radius 3 is 3.16 bits per heavy atom. The number of carbonyl (C=O) groups excluding carboxylic acids is 1. The van der Waals surface area contributed by atoms with Crippen LogP contribution in [0.2, 0.25) is 0 Å². The number of amides is 1. The number of hydrogen-bond donors (Lipinski definition) is 1. The van der Waals surface area contributed by atoms with Crippen LogP contribution in [0, 0.1) is 5.82 Å². The molecule has 0 saturated carbocycles. The summed E-state index contributed by atoms with van der Waals surface area (Å²) in [5.74, 6) is -0.426. The molecular formula is C14H19FN2O2. The lowest BCUT2D eigenvalue weighted by Crippen LogP contribution is -2.46. The van der Waals surface area contributed by atoms with Crippen molar-refractivity contribution < 1.29 is 13.9 Å². The van der Waals surface area contributed by atoms with E-state index in [1.165, 1.54) is 12.1 Å². The van der Waals surface area contributed by atoms with Crippen molar-refractivity contribution in [1.82, 2.24) is 10.2 Å². The molecule has 5 heteroatoms. The van der Waals surface area contributed by atoms with Crippen LogP contribution < -0.4 is 5.32 Å². The smallest absolute Gasteiger partial charge is 0.224 e. The third kappa shape index (κ3) is 4.61. The summed E-state index contributed by atoms with van der Waals surface area (Å²) in [6.07, 6.45) is 0.232. The largest absolute Gasteiger partial charge is 0.374 e. The van der Waals surface area contributed by atoms with Gasteiger partial charge in [0.2, 0.25) is 5.91 Å². The molecule has 1 fully saturated rings. The molecule has 0 aliphatic carbocycles. The lowest BCUT2D eigenvalue weighted by Gasteiger charge is -2.30. The summed E-state index contributed by atoms with van der Waals surface area (Å²) in [7, 11) is 2.03. The van der Waals surface area contributed by atoms with Crippen molar-refractivity contribution >= 4 is 5.91 Å². The van der Waals surface area contributed by atoms with Crippen LogP contribution in [-0.4, -0.2) is 50.2 Å². The van der Waals surface area contributed by atoms with E-state index in [9.17, 15) is 9.18 Å². The highest BCUT2D eigenvalue weighted by molar-refractivity contribution is 5.78. The van der Waals surface area contributed by atoms with Crippen molar-refractivity contribution in [3.8, 4) is 0 Å². The van der Waals surface area contributed by atoms with Crippen LogP contribution in [0.1, 0.15) is 5.56 Å². The lowest BCUT2D eigenvalue weighted by atomic mass is 10.1. The Balaban J connectivity index is 1.75. The van der Waals surface area contributed by atoms with Crippen LogP contribution in [0.25, 0.3) is 0 Å². The first-order valence-corrected chi connectivity index (χ1v) is 6.45. The molecule has 1 saturated heterocycles. The van der Waals surface area contributed by atoms with Gasteiger partial charge in [0.05, 0.1) is 19.1 Å². The fourth-order valence-electron chi connectivity index (χ4n) is 2.11. The van der Waals surface area contributed by atoms with E-state index in [1.54, 1.807) is 12.1 Å². The van der Waals surface area contributed by atoms with Crippen molar-refractivity contribution in [2.75, 3.05) is 33.3 Å². The number of carbonyl (C=O) groups is 1. The molecular weight excluding hydrogens is 247 g/mol. The second-order valence-electron chi connectivity index (χ2n) is 4.87. The van der Waals surface area contributed by atoms with Gasteiger partial charge in [0.15, 0.2) is 0 Å². The molecule has 104 valence electrons. The predicted octanol–water partition coefficient (Wildman–Crippen LogP) is 0.815. The maximum absolute atomic E-state index is 13.0. The summed E-state index contributed by atoms with van der Waals surface area (Å²) in [6, 6.07) is 6.10. The maximum atomic E-state index is 13.0. The number of benzene rings is 1. The van der Waals surface area contributed by atoms with Crippen molar-refractivity contribution in [2.45, 2.75) is 12.5 Å². The number of nitrogens with zero attached hydrogens (tertiary/aromatic N) is 1. The van der Waals surface area contributed by atoms with Gasteiger partial charge in [0.1, 0.15) is 5.82 Å². The van der Waals surface area contributed by atoms with Gasteiger partial charge in [-0.3, -0.25) is 4.79 Å². The summed E-state index contributed by atoms with van der Waals surface area (Å²) in [5, 5.41) is 2.83. The third-order valence-electron chi connectivity index (χ3n) is 3.12. The van der Waals surface area contributed by atoms with Gasteiger partial charge in [-0.05, 0) is 24.7 Å². The molecule has 1 aromatic carbocycles. The average Bonchev–Trinajstić information content (AvgIpc) is 2.36. The fraction of sp³-hybridized carbons (Fsp3) is 0.500. The van der Waals surface area contributed by atoms with Crippen LogP contribution in [0.15, 0.2) is 24.3 Å². The van der Waals surface area contributed by atoms with E-state index in [0.29, 0.717) is 18.7 Å². The van der Waals surface area contributed by atoms with E-state index in [4.69, 9.17) is 4.74 Å². The second-order valence-corrected chi connectivity index (χ2v) is 4.87. The van der Waals surface area contributed by atoms with Crippen molar-refractivity contribution in [1.29, 1.82) is 0 Å². The first kappa shape index (κ1) is 14.0. The van der Waals surface area contributed by atoms with Gasteiger partial charge in [-0.1, -0.05) is 12.1 Å². The van der Waals surface area contributed by atoms with Crippen molar-refractivity contribution in [3.63, 3.8) is 0 Å². The van der Waals surface area contributed by atoms with E-state index in [0.717, 1.165) is 13.1 Å². The van der Waals surface area contributed by atoms with Gasteiger partial charge in [0, 0.05) is 19.6 Å². The molecule has 1 amide bonds. The molecule has 1 aliphatic heterocycles. The number of halogens is 1. The van der Waals surface area contributed by atoms with Gasteiger partial charge in [-0.2, -0.15) is 0 Å². The number of rotatable bonds is 4. The fourth-order valence-corrected chi connectivity index (χ4v) is 2.11. The van der Waals surface area contributed by atoms with E-state index in [1.807, 2.05) is 7.05 Å². The first-order valence-electron chi connectivity index (χ1n) is 6.45. The molecule has 1 N–H and O–H groups in total. The highest BCUT2D eigenvalue weighted by atomic mass is 19.1. The molecule has 0 spiro atoms. The lowest BCUT2D eigenvalue weighted by molar-refractivity contribution is -0.121. The molecule has 0 aromatic heterocycles. The number of morpholine rings is 1. The molecule has 4 nitrogen and oxygen atoms in total. The van der Waals surface area contributed by atoms with E-state index < -0.39 is 0 Å². The highest BCUT2D eigenvalue weighted by Gasteiger charge is 2.18. The summed E-state index contributed by atoms with van der Waals surface area (Å²) in [6.45, 7) is 2.94. The van der Waals surface area contributed by atoms with Crippen LogP contribution in [0.5, 0.6) is 0 Å². The van der Waals surface area contributed by atoms with Crippen LogP contribution in [-0.2, 0) is 16.0 Å². The third-order valence-corrected chi connectivity index (χ3v) is 3.12. The zero-order valence-corrected chi connectivity index (χ0v) is 11.1. The standard InChI is InChI=1S/C14H19FN2O2/c1-17-5-6-19-13(10-17)9-16-14(18)8-11-3-2-4-12(15)7-11/h2-4,7,13H,5-6,8-10H2,1H3,(H,16,18). The normalized spacial score (nSPS) is 20.2.